The van der Waals surface area contributed by atoms with Crippen LogP contribution in [-0.2, 0) is 9.59 Å². The molecule has 0 unspecified atom stereocenters. The third-order valence-electron chi connectivity index (χ3n) is 6.08. The van der Waals surface area contributed by atoms with Gasteiger partial charge in [0.2, 0.25) is 11.8 Å². The van der Waals surface area contributed by atoms with Crippen molar-refractivity contribution in [3.8, 4) is 5.69 Å². The molecule has 2 N–H and O–H groups in total. The van der Waals surface area contributed by atoms with E-state index in [0.29, 0.717) is 25.5 Å². The molecule has 1 aliphatic heterocycles. The second kappa shape index (κ2) is 9.95. The molecule has 3 aromatic rings. The number of amides is 2. The summed E-state index contributed by atoms with van der Waals surface area (Å²) >= 11 is 0. The van der Waals surface area contributed by atoms with Crippen LogP contribution >= 0.6 is 0 Å². The van der Waals surface area contributed by atoms with Crippen molar-refractivity contribution < 1.29 is 9.59 Å². The van der Waals surface area contributed by atoms with E-state index in [0.717, 1.165) is 35.6 Å². The molecule has 1 saturated heterocycles. The topological polar surface area (TPSA) is 92.2 Å². The summed E-state index contributed by atoms with van der Waals surface area (Å²) in [6.07, 6.45) is 3.09. The Morgan fingerprint density at radius 2 is 1.73 bits per heavy atom. The molecule has 3 heterocycles. The molecule has 0 spiro atoms. The van der Waals surface area contributed by atoms with Crippen LogP contribution in [0.2, 0.25) is 0 Å². The standard InChI is InChI=1S/C25H30N6O2/c1-17-7-9-21(10-8-17)31-19(3)24(18(2)29-31)28-23(32)16-30-14-11-20(12-15-30)25(33)27-22-6-4-5-13-26-22/h4-10,13,20H,11-12,14-16H2,1-3H3,(H,28,32)(H,26,27,33). The maximum Gasteiger partial charge on any atom is 0.238 e. The van der Waals surface area contributed by atoms with Gasteiger partial charge in [0, 0.05) is 12.1 Å². The van der Waals surface area contributed by atoms with E-state index < -0.39 is 0 Å². The van der Waals surface area contributed by atoms with Crippen LogP contribution in [0.5, 0.6) is 0 Å². The molecule has 2 aromatic heterocycles. The highest BCUT2D eigenvalue weighted by Gasteiger charge is 2.26. The molecule has 0 radical (unpaired) electrons. The minimum Gasteiger partial charge on any atom is -0.322 e. The Morgan fingerprint density at radius 3 is 2.39 bits per heavy atom. The highest BCUT2D eigenvalue weighted by Crippen LogP contribution is 2.24. The number of piperidine rings is 1. The third kappa shape index (κ3) is 5.46. The molecule has 0 bridgehead atoms. The number of likely N-dealkylation sites (tertiary alicyclic amines) is 1. The summed E-state index contributed by atoms with van der Waals surface area (Å²) < 4.78 is 1.86. The second-order valence-electron chi connectivity index (χ2n) is 8.60. The van der Waals surface area contributed by atoms with E-state index in [4.69, 9.17) is 0 Å². The number of rotatable bonds is 6. The lowest BCUT2D eigenvalue weighted by molar-refractivity contribution is -0.121. The van der Waals surface area contributed by atoms with Crippen LogP contribution in [0.25, 0.3) is 5.69 Å². The Bertz CT molecular complexity index is 1120. The number of benzene rings is 1. The van der Waals surface area contributed by atoms with Crippen molar-refractivity contribution in [3.05, 3.63) is 65.6 Å². The number of carbonyl (C=O) groups excluding carboxylic acids is 2. The zero-order valence-electron chi connectivity index (χ0n) is 19.3. The van der Waals surface area contributed by atoms with E-state index in [1.165, 1.54) is 5.56 Å². The Labute approximate surface area is 194 Å². The molecule has 2 amide bonds. The van der Waals surface area contributed by atoms with Gasteiger partial charge in [-0.25, -0.2) is 9.67 Å². The lowest BCUT2D eigenvalue weighted by atomic mass is 9.96. The van der Waals surface area contributed by atoms with Crippen LogP contribution in [0.4, 0.5) is 11.5 Å². The molecule has 33 heavy (non-hydrogen) atoms. The van der Waals surface area contributed by atoms with Crippen LogP contribution in [0.15, 0.2) is 48.7 Å². The first-order valence-electron chi connectivity index (χ1n) is 11.3. The summed E-state index contributed by atoms with van der Waals surface area (Å²) in [6.45, 7) is 7.61. The van der Waals surface area contributed by atoms with Gasteiger partial charge in [0.15, 0.2) is 0 Å². The van der Waals surface area contributed by atoms with Gasteiger partial charge in [0.05, 0.1) is 29.3 Å². The summed E-state index contributed by atoms with van der Waals surface area (Å²) in [6, 6.07) is 13.6. The van der Waals surface area contributed by atoms with Gasteiger partial charge in [-0.05, 0) is 71.0 Å². The molecule has 8 heteroatoms. The number of aromatic nitrogens is 3. The van der Waals surface area contributed by atoms with Gasteiger partial charge in [0.1, 0.15) is 5.82 Å². The number of hydrogen-bond donors (Lipinski definition) is 2. The Balaban J connectivity index is 1.30. The second-order valence-corrected chi connectivity index (χ2v) is 8.60. The van der Waals surface area contributed by atoms with E-state index in [2.05, 4.69) is 25.6 Å². The first kappa shape index (κ1) is 22.7. The zero-order chi connectivity index (χ0) is 23.4. The van der Waals surface area contributed by atoms with Crippen molar-refractivity contribution >= 4 is 23.3 Å². The summed E-state index contributed by atoms with van der Waals surface area (Å²) in [5.41, 5.74) is 4.59. The first-order chi connectivity index (χ1) is 15.9. The van der Waals surface area contributed by atoms with Crippen molar-refractivity contribution in [2.24, 2.45) is 5.92 Å². The SMILES string of the molecule is Cc1ccc(-n2nc(C)c(NC(=O)CN3CCC(C(=O)Nc4ccccn4)CC3)c2C)cc1. The molecular formula is C25H30N6O2. The Hall–Kier alpha value is -3.52. The highest BCUT2D eigenvalue weighted by molar-refractivity contribution is 5.94. The molecule has 4 rings (SSSR count). The average Bonchev–Trinajstić information content (AvgIpc) is 3.09. The first-order valence-corrected chi connectivity index (χ1v) is 11.3. The van der Waals surface area contributed by atoms with Crippen LogP contribution in [-0.4, -0.2) is 51.1 Å². The Kier molecular flexibility index (Phi) is 6.84. The van der Waals surface area contributed by atoms with Crippen molar-refractivity contribution in [1.29, 1.82) is 0 Å². The fourth-order valence-corrected chi connectivity index (χ4v) is 4.16. The van der Waals surface area contributed by atoms with E-state index in [1.54, 1.807) is 12.3 Å². The minimum absolute atomic E-state index is 0.00688. The predicted octanol–water partition coefficient (Wildman–Crippen LogP) is 3.48. The maximum atomic E-state index is 12.8. The predicted molar refractivity (Wildman–Crippen MR) is 128 cm³/mol. The molecule has 0 atom stereocenters. The number of nitrogens with zero attached hydrogens (tertiary/aromatic N) is 4. The van der Waals surface area contributed by atoms with E-state index >= 15 is 0 Å². The average molecular weight is 447 g/mol. The minimum atomic E-state index is -0.0685. The van der Waals surface area contributed by atoms with Crippen LogP contribution in [0.1, 0.15) is 29.8 Å². The van der Waals surface area contributed by atoms with E-state index in [-0.39, 0.29) is 17.7 Å². The molecule has 0 saturated carbocycles. The molecule has 1 aromatic carbocycles. The molecule has 172 valence electrons. The summed E-state index contributed by atoms with van der Waals surface area (Å²) in [5, 5.41) is 10.5. The maximum absolute atomic E-state index is 12.8. The van der Waals surface area contributed by atoms with Crippen molar-refractivity contribution in [2.75, 3.05) is 30.3 Å². The number of carbonyl (C=O) groups is 2. The van der Waals surface area contributed by atoms with Gasteiger partial charge in [-0.2, -0.15) is 5.10 Å². The quantitative estimate of drug-likeness (QED) is 0.605. The fourth-order valence-electron chi connectivity index (χ4n) is 4.16. The monoisotopic (exact) mass is 446 g/mol. The smallest absolute Gasteiger partial charge is 0.238 e. The van der Waals surface area contributed by atoms with E-state index in [1.807, 2.05) is 61.9 Å². The summed E-state index contributed by atoms with van der Waals surface area (Å²) in [5.74, 6) is 0.429. The van der Waals surface area contributed by atoms with Crippen LogP contribution < -0.4 is 10.6 Å². The lowest BCUT2D eigenvalue weighted by Crippen LogP contribution is -2.41. The van der Waals surface area contributed by atoms with Gasteiger partial charge < -0.3 is 10.6 Å². The van der Waals surface area contributed by atoms with Crippen LogP contribution in [0, 0.1) is 26.7 Å². The normalized spacial score (nSPS) is 14.8. The fraction of sp³-hybridized carbons (Fsp3) is 0.360. The van der Waals surface area contributed by atoms with E-state index in [9.17, 15) is 9.59 Å². The van der Waals surface area contributed by atoms with Gasteiger partial charge in [-0.15, -0.1) is 0 Å². The molecule has 8 nitrogen and oxygen atoms in total. The number of aryl methyl sites for hydroxylation is 2. The highest BCUT2D eigenvalue weighted by atomic mass is 16.2. The largest absolute Gasteiger partial charge is 0.322 e. The Morgan fingerprint density at radius 1 is 1.00 bits per heavy atom. The number of hydrogen-bond acceptors (Lipinski definition) is 5. The zero-order valence-corrected chi connectivity index (χ0v) is 19.3. The third-order valence-corrected chi connectivity index (χ3v) is 6.08. The summed E-state index contributed by atoms with van der Waals surface area (Å²) in [4.78, 5) is 31.5. The van der Waals surface area contributed by atoms with Gasteiger partial charge in [0.25, 0.3) is 0 Å². The van der Waals surface area contributed by atoms with Crippen molar-refractivity contribution in [2.45, 2.75) is 33.6 Å². The summed E-state index contributed by atoms with van der Waals surface area (Å²) in [7, 11) is 0. The lowest BCUT2D eigenvalue weighted by Gasteiger charge is -2.30. The van der Waals surface area contributed by atoms with Gasteiger partial charge in [-0.3, -0.25) is 14.5 Å². The molecule has 1 fully saturated rings. The van der Waals surface area contributed by atoms with Crippen LogP contribution in [0.3, 0.4) is 0 Å². The van der Waals surface area contributed by atoms with Crippen molar-refractivity contribution in [3.63, 3.8) is 0 Å². The number of nitrogens with one attached hydrogen (secondary N) is 2. The molecule has 0 aliphatic carbocycles. The van der Waals surface area contributed by atoms with Crippen molar-refractivity contribution in [1.82, 2.24) is 19.7 Å². The molecule has 1 aliphatic rings. The van der Waals surface area contributed by atoms with Gasteiger partial charge in [-0.1, -0.05) is 23.8 Å². The molecular weight excluding hydrogens is 416 g/mol. The number of anilines is 2. The van der Waals surface area contributed by atoms with Gasteiger partial charge >= 0.3 is 0 Å². The number of pyridine rings is 1.